The van der Waals surface area contributed by atoms with Crippen LogP contribution in [-0.2, 0) is 37.3 Å². The molecule has 2 heterocycles. The lowest BCUT2D eigenvalue weighted by molar-refractivity contribution is -0.143. The average molecular weight is 502 g/mol. The number of carbonyl (C=O) groups is 2. The average Bonchev–Trinajstić information content (AvgIpc) is 2.90. The lowest BCUT2D eigenvalue weighted by Gasteiger charge is -2.37. The fourth-order valence-corrected chi connectivity index (χ4v) is 6.01. The third-order valence-corrected chi connectivity index (χ3v) is 8.47. The van der Waals surface area contributed by atoms with Crippen LogP contribution in [0.5, 0.6) is 5.75 Å². The highest BCUT2D eigenvalue weighted by molar-refractivity contribution is 7.89. The maximum absolute atomic E-state index is 13.5. The van der Waals surface area contributed by atoms with Gasteiger partial charge in [0.15, 0.2) is 0 Å². The molecule has 0 unspecified atom stereocenters. The molecule has 0 atom stereocenters. The Morgan fingerprint density at radius 3 is 2.31 bits per heavy atom. The summed E-state index contributed by atoms with van der Waals surface area (Å²) in [5.41, 5.74) is 2.91. The van der Waals surface area contributed by atoms with Crippen LogP contribution in [0.4, 0.5) is 5.69 Å². The van der Waals surface area contributed by atoms with E-state index in [-0.39, 0.29) is 23.6 Å². The fraction of sp³-hybridized carbons (Fsp3) is 0.440. The standard InChI is InChI=1S/C25H31N3O6S/c1-33-23-8-7-21(35(31,32)28-12-11-19-5-3-4-6-20(19)18-28)17-22(23)26-13-15-27(16-14-26)24(29)9-10-25(30)34-2/h3-8,17H,9-16,18H2,1-2H3. The number of methoxy groups -OCH3 is 2. The van der Waals surface area contributed by atoms with Gasteiger partial charge in [-0.3, -0.25) is 9.59 Å². The predicted octanol–water partition coefficient (Wildman–Crippen LogP) is 2.04. The predicted molar refractivity (Wildman–Crippen MR) is 131 cm³/mol. The molecule has 1 fully saturated rings. The number of hydrogen-bond donors (Lipinski definition) is 0. The second-order valence-electron chi connectivity index (χ2n) is 8.63. The summed E-state index contributed by atoms with van der Waals surface area (Å²) in [6.07, 6.45) is 0.858. The molecule has 0 aromatic heterocycles. The van der Waals surface area contributed by atoms with Gasteiger partial charge in [0.2, 0.25) is 15.9 Å². The van der Waals surface area contributed by atoms with Gasteiger partial charge in [-0.1, -0.05) is 24.3 Å². The number of hydrogen-bond acceptors (Lipinski definition) is 7. The highest BCUT2D eigenvalue weighted by Gasteiger charge is 2.30. The summed E-state index contributed by atoms with van der Waals surface area (Å²) < 4.78 is 38.7. The first-order valence-electron chi connectivity index (χ1n) is 11.7. The largest absolute Gasteiger partial charge is 0.495 e. The molecule has 2 aromatic carbocycles. The van der Waals surface area contributed by atoms with Crippen molar-refractivity contribution in [2.45, 2.75) is 30.7 Å². The van der Waals surface area contributed by atoms with Gasteiger partial charge < -0.3 is 19.3 Å². The van der Waals surface area contributed by atoms with Crippen molar-refractivity contribution in [3.63, 3.8) is 0 Å². The zero-order valence-corrected chi connectivity index (χ0v) is 20.9. The van der Waals surface area contributed by atoms with Crippen molar-refractivity contribution in [1.29, 1.82) is 0 Å². The van der Waals surface area contributed by atoms with Crippen LogP contribution in [-0.4, -0.2) is 76.4 Å². The molecule has 188 valence electrons. The number of fused-ring (bicyclic) bond motifs is 1. The maximum Gasteiger partial charge on any atom is 0.306 e. The molecule has 0 bridgehead atoms. The zero-order chi connectivity index (χ0) is 25.0. The van der Waals surface area contributed by atoms with Crippen molar-refractivity contribution in [1.82, 2.24) is 9.21 Å². The van der Waals surface area contributed by atoms with Gasteiger partial charge in [0.05, 0.1) is 31.2 Å². The van der Waals surface area contributed by atoms with Crippen LogP contribution >= 0.6 is 0 Å². The lowest BCUT2D eigenvalue weighted by Crippen LogP contribution is -2.49. The normalized spacial score (nSPS) is 16.5. The second kappa shape index (κ2) is 10.7. The Morgan fingerprint density at radius 1 is 0.914 bits per heavy atom. The van der Waals surface area contributed by atoms with Gasteiger partial charge in [-0.2, -0.15) is 4.31 Å². The molecule has 1 amide bonds. The van der Waals surface area contributed by atoms with Gasteiger partial charge in [0.1, 0.15) is 5.75 Å². The molecule has 2 aliphatic rings. The molecule has 0 spiro atoms. The summed E-state index contributed by atoms with van der Waals surface area (Å²) in [5.74, 6) is 0.0825. The van der Waals surface area contributed by atoms with Crippen LogP contribution in [0.25, 0.3) is 0 Å². The van der Waals surface area contributed by atoms with E-state index in [0.717, 1.165) is 5.56 Å². The summed E-state index contributed by atoms with van der Waals surface area (Å²) >= 11 is 0. The minimum atomic E-state index is -3.69. The summed E-state index contributed by atoms with van der Waals surface area (Å²) in [5, 5.41) is 0. The van der Waals surface area contributed by atoms with Crippen LogP contribution in [0.1, 0.15) is 24.0 Å². The number of carbonyl (C=O) groups excluding carboxylic acids is 2. The van der Waals surface area contributed by atoms with E-state index in [2.05, 4.69) is 4.74 Å². The smallest absolute Gasteiger partial charge is 0.306 e. The number of rotatable bonds is 7. The number of piperazine rings is 1. The van der Waals surface area contributed by atoms with Crippen molar-refractivity contribution >= 4 is 27.6 Å². The van der Waals surface area contributed by atoms with E-state index in [4.69, 9.17) is 4.74 Å². The van der Waals surface area contributed by atoms with Crippen LogP contribution in [0, 0.1) is 0 Å². The molecule has 0 N–H and O–H groups in total. The third kappa shape index (κ3) is 5.43. The van der Waals surface area contributed by atoms with Crippen LogP contribution in [0.2, 0.25) is 0 Å². The Hall–Kier alpha value is -3.11. The fourth-order valence-electron chi connectivity index (χ4n) is 4.57. The second-order valence-corrected chi connectivity index (χ2v) is 10.6. The quantitative estimate of drug-likeness (QED) is 0.536. The van der Waals surface area contributed by atoms with Gasteiger partial charge in [-0.15, -0.1) is 0 Å². The van der Waals surface area contributed by atoms with Gasteiger partial charge in [0, 0.05) is 45.7 Å². The molecule has 1 saturated heterocycles. The summed E-state index contributed by atoms with van der Waals surface area (Å²) in [4.78, 5) is 27.7. The molecule has 0 radical (unpaired) electrons. The van der Waals surface area contributed by atoms with E-state index in [1.807, 2.05) is 29.2 Å². The third-order valence-electron chi connectivity index (χ3n) is 6.63. The minimum absolute atomic E-state index is 0.0598. The van der Waals surface area contributed by atoms with Gasteiger partial charge in [0.25, 0.3) is 0 Å². The Labute approximate surface area is 206 Å². The van der Waals surface area contributed by atoms with Crippen molar-refractivity contribution in [3.8, 4) is 5.75 Å². The van der Waals surface area contributed by atoms with Gasteiger partial charge >= 0.3 is 5.97 Å². The first-order chi connectivity index (χ1) is 16.8. The minimum Gasteiger partial charge on any atom is -0.495 e. The molecule has 35 heavy (non-hydrogen) atoms. The van der Waals surface area contributed by atoms with E-state index in [1.54, 1.807) is 30.2 Å². The Bertz CT molecular complexity index is 1190. The first-order valence-corrected chi connectivity index (χ1v) is 13.1. The van der Waals surface area contributed by atoms with E-state index in [1.165, 1.54) is 17.0 Å². The number of benzene rings is 2. The number of nitrogens with zero attached hydrogens (tertiary/aromatic N) is 3. The van der Waals surface area contributed by atoms with Crippen molar-refractivity contribution in [2.75, 3.05) is 51.8 Å². The molecular formula is C25H31N3O6S. The summed E-state index contributed by atoms with van der Waals surface area (Å²) in [6.45, 7) is 2.80. The van der Waals surface area contributed by atoms with E-state index in [0.29, 0.717) is 57.1 Å². The van der Waals surface area contributed by atoms with Crippen molar-refractivity contribution in [3.05, 3.63) is 53.6 Å². The number of anilines is 1. The van der Waals surface area contributed by atoms with Crippen LogP contribution in [0.15, 0.2) is 47.4 Å². The number of amides is 1. The van der Waals surface area contributed by atoms with E-state index < -0.39 is 16.0 Å². The summed E-state index contributed by atoms with van der Waals surface area (Å²) in [6, 6.07) is 12.9. The van der Waals surface area contributed by atoms with Crippen molar-refractivity contribution in [2.24, 2.45) is 0 Å². The van der Waals surface area contributed by atoms with Crippen LogP contribution in [0.3, 0.4) is 0 Å². The topological polar surface area (TPSA) is 96.5 Å². The Morgan fingerprint density at radius 2 is 1.63 bits per heavy atom. The molecular weight excluding hydrogens is 470 g/mol. The van der Waals surface area contributed by atoms with E-state index >= 15 is 0 Å². The zero-order valence-electron chi connectivity index (χ0n) is 20.1. The number of esters is 1. The molecule has 9 nitrogen and oxygen atoms in total. The summed E-state index contributed by atoms with van der Waals surface area (Å²) in [7, 11) is -0.831. The lowest BCUT2D eigenvalue weighted by atomic mass is 10.0. The molecule has 0 saturated carbocycles. The molecule has 2 aliphatic heterocycles. The monoisotopic (exact) mass is 501 g/mol. The van der Waals surface area contributed by atoms with Crippen LogP contribution < -0.4 is 9.64 Å². The maximum atomic E-state index is 13.5. The molecule has 10 heteroatoms. The first kappa shape index (κ1) is 25.0. The van der Waals surface area contributed by atoms with Crippen molar-refractivity contribution < 1.29 is 27.5 Å². The highest BCUT2D eigenvalue weighted by Crippen LogP contribution is 2.34. The molecule has 2 aromatic rings. The molecule has 4 rings (SSSR count). The van der Waals surface area contributed by atoms with Gasteiger partial charge in [-0.05, 0) is 35.7 Å². The number of ether oxygens (including phenoxy) is 2. The van der Waals surface area contributed by atoms with Gasteiger partial charge in [-0.25, -0.2) is 8.42 Å². The number of sulfonamides is 1. The SMILES string of the molecule is COC(=O)CCC(=O)N1CCN(c2cc(S(=O)(=O)N3CCc4ccccc4C3)ccc2OC)CC1. The Balaban J connectivity index is 1.48. The highest BCUT2D eigenvalue weighted by atomic mass is 32.2. The van der Waals surface area contributed by atoms with E-state index in [9.17, 15) is 18.0 Å². The Kier molecular flexibility index (Phi) is 7.61. The molecule has 0 aliphatic carbocycles.